The van der Waals surface area contributed by atoms with Crippen molar-refractivity contribution in [2.45, 2.75) is 12.7 Å². The fourth-order valence-electron chi connectivity index (χ4n) is 2.73. The molecule has 1 amide bonds. The van der Waals surface area contributed by atoms with Gasteiger partial charge in [-0.1, -0.05) is 11.3 Å². The van der Waals surface area contributed by atoms with Gasteiger partial charge in [-0.15, -0.1) is 5.10 Å². The van der Waals surface area contributed by atoms with Crippen molar-refractivity contribution in [2.24, 2.45) is 0 Å². The molecule has 2 aromatic carbocycles. The quantitative estimate of drug-likeness (QED) is 0.614. The molecule has 0 aliphatic carbocycles. The van der Waals surface area contributed by atoms with Crippen LogP contribution in [-0.4, -0.2) is 35.1 Å². The summed E-state index contributed by atoms with van der Waals surface area (Å²) in [6, 6.07) is 9.16. The third-order valence-electron chi connectivity index (χ3n) is 4.14. The highest BCUT2D eigenvalue weighted by Crippen LogP contribution is 2.33. The lowest BCUT2D eigenvalue weighted by molar-refractivity contribution is -0.143. The lowest BCUT2D eigenvalue weighted by Gasteiger charge is -2.13. The Kier molecular flexibility index (Phi) is 5.90. The highest BCUT2D eigenvalue weighted by Gasteiger charge is 2.42. The van der Waals surface area contributed by atoms with Gasteiger partial charge in [0.2, 0.25) is 0 Å². The molecule has 0 saturated heterocycles. The number of carbonyl (C=O) groups excluding carboxylic acids is 1. The summed E-state index contributed by atoms with van der Waals surface area (Å²) < 4.78 is 65.0. The van der Waals surface area contributed by atoms with Gasteiger partial charge in [0.15, 0.2) is 11.4 Å². The molecule has 11 heteroatoms. The number of amides is 1. The highest BCUT2D eigenvalue weighted by atomic mass is 19.4. The van der Waals surface area contributed by atoms with Crippen molar-refractivity contribution in [3.63, 3.8) is 0 Å². The van der Waals surface area contributed by atoms with Crippen LogP contribution >= 0.6 is 0 Å². The number of ether oxygens (including phenoxy) is 2. The predicted molar refractivity (Wildman–Crippen MR) is 97.0 cm³/mol. The largest absolute Gasteiger partial charge is 0.497 e. The van der Waals surface area contributed by atoms with Crippen molar-refractivity contribution in [2.75, 3.05) is 14.2 Å². The van der Waals surface area contributed by atoms with Crippen LogP contribution < -0.4 is 14.8 Å². The number of halogens is 4. The van der Waals surface area contributed by atoms with E-state index in [-0.39, 0.29) is 12.2 Å². The van der Waals surface area contributed by atoms with Crippen molar-refractivity contribution >= 4 is 5.91 Å². The molecule has 1 aromatic heterocycles. The maximum absolute atomic E-state index is 13.6. The topological polar surface area (TPSA) is 78.3 Å². The first kappa shape index (κ1) is 21.1. The average Bonchev–Trinajstić information content (AvgIpc) is 3.18. The van der Waals surface area contributed by atoms with Gasteiger partial charge in [-0.25, -0.2) is 9.07 Å². The second-order valence-corrected chi connectivity index (χ2v) is 6.04. The fraction of sp³-hybridized carbons (Fsp3) is 0.211. The number of aromatic nitrogens is 3. The Bertz CT molecular complexity index is 1070. The smallest absolute Gasteiger partial charge is 0.435 e. The number of benzene rings is 2. The second kappa shape index (κ2) is 8.39. The number of carbonyl (C=O) groups is 1. The molecule has 1 heterocycles. The molecule has 0 saturated carbocycles. The number of hydrogen-bond donors (Lipinski definition) is 1. The molecule has 3 rings (SSSR count). The minimum absolute atomic E-state index is 0.129. The summed E-state index contributed by atoms with van der Waals surface area (Å²) in [7, 11) is 2.88. The van der Waals surface area contributed by atoms with E-state index in [1.165, 1.54) is 26.4 Å². The van der Waals surface area contributed by atoms with Gasteiger partial charge >= 0.3 is 6.18 Å². The van der Waals surface area contributed by atoms with E-state index in [1.54, 1.807) is 18.2 Å². The first-order valence-electron chi connectivity index (χ1n) is 8.52. The number of nitrogens with one attached hydrogen (secondary N) is 1. The van der Waals surface area contributed by atoms with Gasteiger partial charge in [0, 0.05) is 18.2 Å². The van der Waals surface area contributed by atoms with Crippen LogP contribution in [0.15, 0.2) is 42.5 Å². The highest BCUT2D eigenvalue weighted by molar-refractivity contribution is 5.93. The molecule has 158 valence electrons. The SMILES string of the molecule is COc1ccc(CNC(=O)c2nnn(-c3cccc(F)c3)c2C(F)(F)F)c(OC)c1. The second-order valence-electron chi connectivity index (χ2n) is 6.04. The van der Waals surface area contributed by atoms with Crippen LogP contribution in [-0.2, 0) is 12.7 Å². The standard InChI is InChI=1S/C19H16F4N4O3/c1-29-14-7-6-11(15(9-14)30-2)10-24-18(28)16-17(19(21,22)23)27(26-25-16)13-5-3-4-12(20)8-13/h3-9H,10H2,1-2H3,(H,24,28). The predicted octanol–water partition coefficient (Wildman–Crippen LogP) is 3.37. The summed E-state index contributed by atoms with van der Waals surface area (Å²) in [5.74, 6) is -0.954. The first-order valence-corrected chi connectivity index (χ1v) is 8.52. The molecule has 1 N–H and O–H groups in total. The normalized spacial score (nSPS) is 11.3. The first-order chi connectivity index (χ1) is 14.2. The molecule has 0 radical (unpaired) electrons. The molecule has 0 fully saturated rings. The van der Waals surface area contributed by atoms with Gasteiger partial charge in [-0.2, -0.15) is 13.2 Å². The van der Waals surface area contributed by atoms with Gasteiger partial charge in [0.1, 0.15) is 17.3 Å². The molecule has 0 atom stereocenters. The summed E-state index contributed by atoms with van der Waals surface area (Å²) in [5, 5.41) is 9.15. The number of alkyl halides is 3. The molecule has 0 spiro atoms. The molecule has 0 aliphatic rings. The Hall–Kier alpha value is -3.63. The zero-order valence-electron chi connectivity index (χ0n) is 15.8. The van der Waals surface area contributed by atoms with Crippen LogP contribution in [0.5, 0.6) is 11.5 Å². The van der Waals surface area contributed by atoms with Crippen molar-refractivity contribution in [1.29, 1.82) is 0 Å². The van der Waals surface area contributed by atoms with Crippen molar-refractivity contribution in [3.8, 4) is 17.2 Å². The molecule has 0 aliphatic heterocycles. The minimum atomic E-state index is -4.96. The molecular formula is C19H16F4N4O3. The van der Waals surface area contributed by atoms with Crippen LogP contribution in [0, 0.1) is 5.82 Å². The fourth-order valence-corrected chi connectivity index (χ4v) is 2.73. The Balaban J connectivity index is 1.90. The van der Waals surface area contributed by atoms with Crippen LogP contribution in [0.2, 0.25) is 0 Å². The Labute approximate surface area is 168 Å². The van der Waals surface area contributed by atoms with Crippen molar-refractivity contribution in [3.05, 3.63) is 65.2 Å². The van der Waals surface area contributed by atoms with Crippen LogP contribution in [0.3, 0.4) is 0 Å². The maximum atomic E-state index is 13.6. The number of rotatable bonds is 6. The average molecular weight is 424 g/mol. The Morgan fingerprint density at radius 3 is 2.53 bits per heavy atom. The monoisotopic (exact) mass is 424 g/mol. The summed E-state index contributed by atoms with van der Waals surface area (Å²) in [5.41, 5.74) is -2.05. The third-order valence-corrected chi connectivity index (χ3v) is 4.14. The Morgan fingerprint density at radius 2 is 1.90 bits per heavy atom. The summed E-state index contributed by atoms with van der Waals surface area (Å²) >= 11 is 0. The lowest BCUT2D eigenvalue weighted by atomic mass is 10.2. The summed E-state index contributed by atoms with van der Waals surface area (Å²) in [6.45, 7) is -0.129. The number of nitrogens with zero attached hydrogens (tertiary/aromatic N) is 3. The molecular weight excluding hydrogens is 408 g/mol. The lowest BCUT2D eigenvalue weighted by Crippen LogP contribution is -2.27. The molecule has 3 aromatic rings. The number of methoxy groups -OCH3 is 2. The Morgan fingerprint density at radius 1 is 1.13 bits per heavy atom. The van der Waals surface area contributed by atoms with Crippen LogP contribution in [0.1, 0.15) is 21.7 Å². The van der Waals surface area contributed by atoms with E-state index in [2.05, 4.69) is 15.6 Å². The van der Waals surface area contributed by atoms with Crippen LogP contribution in [0.4, 0.5) is 17.6 Å². The van der Waals surface area contributed by atoms with E-state index in [0.29, 0.717) is 21.7 Å². The number of hydrogen-bond acceptors (Lipinski definition) is 5. The van der Waals surface area contributed by atoms with E-state index < -0.39 is 29.3 Å². The summed E-state index contributed by atoms with van der Waals surface area (Å²) in [4.78, 5) is 12.5. The van der Waals surface area contributed by atoms with Gasteiger partial charge in [-0.05, 0) is 30.3 Å². The zero-order chi connectivity index (χ0) is 21.9. The minimum Gasteiger partial charge on any atom is -0.497 e. The molecule has 7 nitrogen and oxygen atoms in total. The molecule has 0 bridgehead atoms. The molecule has 0 unspecified atom stereocenters. The zero-order valence-corrected chi connectivity index (χ0v) is 15.8. The van der Waals surface area contributed by atoms with E-state index in [9.17, 15) is 22.4 Å². The molecule has 30 heavy (non-hydrogen) atoms. The van der Waals surface area contributed by atoms with Crippen LogP contribution in [0.25, 0.3) is 5.69 Å². The van der Waals surface area contributed by atoms with E-state index in [1.807, 2.05) is 0 Å². The van der Waals surface area contributed by atoms with Gasteiger partial charge in [0.25, 0.3) is 5.91 Å². The van der Waals surface area contributed by atoms with E-state index in [0.717, 1.165) is 12.1 Å². The van der Waals surface area contributed by atoms with Crippen molar-refractivity contribution in [1.82, 2.24) is 20.3 Å². The van der Waals surface area contributed by atoms with Gasteiger partial charge in [0.05, 0.1) is 19.9 Å². The van der Waals surface area contributed by atoms with Gasteiger partial charge in [-0.3, -0.25) is 4.79 Å². The summed E-state index contributed by atoms with van der Waals surface area (Å²) in [6.07, 6.45) is -4.96. The third kappa shape index (κ3) is 4.34. The van der Waals surface area contributed by atoms with E-state index in [4.69, 9.17) is 9.47 Å². The van der Waals surface area contributed by atoms with Gasteiger partial charge < -0.3 is 14.8 Å². The van der Waals surface area contributed by atoms with Crippen molar-refractivity contribution < 1.29 is 31.8 Å². The van der Waals surface area contributed by atoms with E-state index >= 15 is 0 Å². The maximum Gasteiger partial charge on any atom is 0.435 e.